The number of ketones is 1. The van der Waals surface area contributed by atoms with Crippen LogP contribution in [0.2, 0.25) is 0 Å². The summed E-state index contributed by atoms with van der Waals surface area (Å²) >= 11 is 0. The summed E-state index contributed by atoms with van der Waals surface area (Å²) < 4.78 is 24.9. The van der Waals surface area contributed by atoms with Crippen LogP contribution in [0.15, 0.2) is 54.4 Å². The Labute approximate surface area is 180 Å². The third-order valence-corrected chi connectivity index (χ3v) is 6.87. The number of piperidine rings is 1. The van der Waals surface area contributed by atoms with Crippen molar-refractivity contribution in [3.63, 3.8) is 0 Å². The average molecular weight is 438 g/mol. The zero-order valence-electron chi connectivity index (χ0n) is 17.4. The van der Waals surface area contributed by atoms with Gasteiger partial charge in [0.15, 0.2) is 9.84 Å². The number of pyridine rings is 1. The number of carbonyl (C=O) groups is 2. The minimum atomic E-state index is -3.44. The van der Waals surface area contributed by atoms with Crippen molar-refractivity contribution in [3.8, 4) is 0 Å². The number of aromatic nitrogens is 2. The first-order valence-electron chi connectivity index (χ1n) is 10.0. The number of nitrogens with one attached hydrogen (secondary N) is 1. The van der Waals surface area contributed by atoms with Crippen LogP contribution in [-0.4, -0.2) is 54.3 Å². The maximum atomic E-state index is 12.9. The molecule has 0 aliphatic carbocycles. The zero-order chi connectivity index (χ0) is 22.2. The van der Waals surface area contributed by atoms with Crippen LogP contribution in [-0.2, 0) is 14.6 Å². The molecule has 0 bridgehead atoms. The van der Waals surface area contributed by atoms with E-state index in [1.54, 1.807) is 36.5 Å². The van der Waals surface area contributed by atoms with Crippen LogP contribution in [0.1, 0.15) is 34.3 Å². The number of Topliss-reactive ketones (excluding diaryl/α,β-unsaturated/α-hetero) is 1. The predicted molar refractivity (Wildman–Crippen MR) is 119 cm³/mol. The first-order valence-corrected chi connectivity index (χ1v) is 11.9. The highest BCUT2D eigenvalue weighted by molar-refractivity contribution is 8.00. The fraction of sp³-hybridized carbons (Fsp3) is 0.261. The minimum Gasteiger partial charge on any atom is -0.345 e. The van der Waals surface area contributed by atoms with Gasteiger partial charge in [0.05, 0.1) is 10.5 Å². The Bertz CT molecular complexity index is 1300. The molecule has 7 nitrogen and oxygen atoms in total. The molecule has 0 radical (unpaired) electrons. The smallest absolute Gasteiger partial charge is 0.295 e. The zero-order valence-corrected chi connectivity index (χ0v) is 18.2. The molecule has 3 aromatic rings. The van der Waals surface area contributed by atoms with E-state index in [9.17, 15) is 18.0 Å². The second-order valence-electron chi connectivity index (χ2n) is 7.75. The van der Waals surface area contributed by atoms with Crippen molar-refractivity contribution in [2.45, 2.75) is 19.8 Å². The van der Waals surface area contributed by atoms with Gasteiger partial charge in [-0.15, -0.1) is 0 Å². The lowest BCUT2D eigenvalue weighted by atomic mass is 9.99. The third kappa shape index (κ3) is 4.03. The third-order valence-electron chi connectivity index (χ3n) is 5.60. The lowest BCUT2D eigenvalue weighted by molar-refractivity contribution is -0.126. The molecule has 1 aromatic carbocycles. The number of rotatable bonds is 4. The standard InChI is InChI=1S/C23H23N3O4S/c1-15-8-11-24-22-19(15)18(14-25-22)20(27)23(28)26-12-9-17(10-13-26)21(31(2,29)30)16-6-4-3-5-7-16/h3-8,11,14H,9-10,12-13H2,1-2H3,(H,24,25). The van der Waals surface area contributed by atoms with E-state index < -0.39 is 21.5 Å². The summed E-state index contributed by atoms with van der Waals surface area (Å²) in [6.45, 7) is 2.46. The molecule has 0 spiro atoms. The molecule has 2 aromatic heterocycles. The molecule has 1 fully saturated rings. The maximum Gasteiger partial charge on any atom is 0.295 e. The molecular weight excluding hydrogens is 414 g/mol. The van der Waals surface area contributed by atoms with Gasteiger partial charge in [0.25, 0.3) is 11.7 Å². The van der Waals surface area contributed by atoms with Crippen LogP contribution in [0.4, 0.5) is 0 Å². The number of nitrogens with zero attached hydrogens (tertiary/aromatic N) is 2. The summed E-state index contributed by atoms with van der Waals surface area (Å²) in [6.07, 6.45) is 5.19. The summed E-state index contributed by atoms with van der Waals surface area (Å²) in [5.74, 6) is -1.16. The maximum absolute atomic E-state index is 12.9. The molecule has 0 unspecified atom stereocenters. The van der Waals surface area contributed by atoms with Gasteiger partial charge >= 0.3 is 0 Å². The van der Waals surface area contributed by atoms with Gasteiger partial charge in [0.2, 0.25) is 0 Å². The number of aryl methyl sites for hydroxylation is 1. The predicted octanol–water partition coefficient (Wildman–Crippen LogP) is 3.13. The highest BCUT2D eigenvalue weighted by Crippen LogP contribution is 2.31. The van der Waals surface area contributed by atoms with Crippen LogP contribution in [0.5, 0.6) is 0 Å². The number of hydrogen-bond acceptors (Lipinski definition) is 5. The van der Waals surface area contributed by atoms with Crippen LogP contribution >= 0.6 is 0 Å². The van der Waals surface area contributed by atoms with Gasteiger partial charge in [-0.1, -0.05) is 30.3 Å². The summed E-state index contributed by atoms with van der Waals surface area (Å²) in [5.41, 5.74) is 3.19. The SMILES string of the molecule is Cc1ccnc2[nH]cc(C(=O)C(=O)N3CCC(=C(c4ccccc4)S(C)(=O)=O)CC3)c12. The van der Waals surface area contributed by atoms with Gasteiger partial charge in [0.1, 0.15) is 5.65 Å². The molecule has 0 atom stereocenters. The Morgan fingerprint density at radius 1 is 1.06 bits per heavy atom. The molecule has 31 heavy (non-hydrogen) atoms. The van der Waals surface area contributed by atoms with Crippen molar-refractivity contribution >= 4 is 37.5 Å². The first-order chi connectivity index (χ1) is 14.8. The van der Waals surface area contributed by atoms with E-state index in [0.29, 0.717) is 53.0 Å². The van der Waals surface area contributed by atoms with Gasteiger partial charge in [-0.3, -0.25) is 9.59 Å². The number of carbonyl (C=O) groups excluding carboxylic acids is 2. The molecule has 1 aliphatic heterocycles. The Hall–Kier alpha value is -3.26. The fourth-order valence-corrected chi connectivity index (χ4v) is 5.43. The van der Waals surface area contributed by atoms with E-state index in [1.807, 2.05) is 13.0 Å². The van der Waals surface area contributed by atoms with E-state index in [2.05, 4.69) is 9.97 Å². The van der Waals surface area contributed by atoms with Crippen LogP contribution in [0.3, 0.4) is 0 Å². The van der Waals surface area contributed by atoms with Crippen LogP contribution < -0.4 is 0 Å². The topological polar surface area (TPSA) is 100 Å². The number of H-pyrrole nitrogens is 1. The Balaban J connectivity index is 1.57. The second-order valence-corrected chi connectivity index (χ2v) is 9.70. The number of likely N-dealkylation sites (tertiary alicyclic amines) is 1. The summed E-state index contributed by atoms with van der Waals surface area (Å²) in [7, 11) is -3.44. The molecule has 160 valence electrons. The van der Waals surface area contributed by atoms with Gasteiger partial charge in [0, 0.05) is 37.1 Å². The van der Waals surface area contributed by atoms with Gasteiger partial charge in [-0.25, -0.2) is 13.4 Å². The van der Waals surface area contributed by atoms with Crippen LogP contribution in [0, 0.1) is 6.92 Å². The molecule has 4 rings (SSSR count). The quantitative estimate of drug-likeness (QED) is 0.499. The Morgan fingerprint density at radius 3 is 2.39 bits per heavy atom. The van der Waals surface area contributed by atoms with E-state index in [4.69, 9.17) is 0 Å². The normalized spacial score (nSPS) is 14.6. The molecular formula is C23H23N3O4S. The van der Waals surface area contributed by atoms with Crippen molar-refractivity contribution in [2.75, 3.05) is 19.3 Å². The van der Waals surface area contributed by atoms with Gasteiger partial charge < -0.3 is 9.88 Å². The first kappa shape index (κ1) is 21.0. The minimum absolute atomic E-state index is 0.297. The Morgan fingerprint density at radius 2 is 1.74 bits per heavy atom. The number of aromatic amines is 1. The van der Waals surface area contributed by atoms with Crippen molar-refractivity contribution in [3.05, 3.63) is 71.1 Å². The largest absolute Gasteiger partial charge is 0.345 e. The molecule has 0 saturated carbocycles. The van der Waals surface area contributed by atoms with E-state index >= 15 is 0 Å². The number of fused-ring (bicyclic) bond motifs is 1. The Kier molecular flexibility index (Phi) is 5.49. The molecule has 8 heteroatoms. The van der Waals surface area contributed by atoms with Crippen molar-refractivity contribution in [2.24, 2.45) is 0 Å². The molecule has 1 saturated heterocycles. The molecule has 1 aliphatic rings. The lowest BCUT2D eigenvalue weighted by Gasteiger charge is -2.29. The second kappa shape index (κ2) is 8.11. The monoisotopic (exact) mass is 437 g/mol. The number of sulfone groups is 1. The molecule has 1 N–H and O–H groups in total. The number of hydrogen-bond donors (Lipinski definition) is 1. The summed E-state index contributed by atoms with van der Waals surface area (Å²) in [4.78, 5) is 34.8. The number of amides is 1. The fourth-order valence-electron chi connectivity index (χ4n) is 4.13. The van der Waals surface area contributed by atoms with E-state index in [-0.39, 0.29) is 0 Å². The summed E-state index contributed by atoms with van der Waals surface area (Å²) in [6, 6.07) is 10.8. The van der Waals surface area contributed by atoms with Crippen molar-refractivity contribution in [1.29, 1.82) is 0 Å². The molecule has 3 heterocycles. The van der Waals surface area contributed by atoms with Gasteiger partial charge in [-0.05, 0) is 42.5 Å². The summed E-state index contributed by atoms with van der Waals surface area (Å²) in [5, 5.41) is 0.655. The van der Waals surface area contributed by atoms with E-state index in [0.717, 1.165) is 11.1 Å². The van der Waals surface area contributed by atoms with E-state index in [1.165, 1.54) is 17.4 Å². The van der Waals surface area contributed by atoms with Crippen molar-refractivity contribution < 1.29 is 18.0 Å². The van der Waals surface area contributed by atoms with Crippen molar-refractivity contribution in [1.82, 2.24) is 14.9 Å². The van der Waals surface area contributed by atoms with Crippen LogP contribution in [0.25, 0.3) is 15.9 Å². The molecule has 1 amide bonds. The number of benzene rings is 1. The highest BCUT2D eigenvalue weighted by Gasteiger charge is 2.30. The van der Waals surface area contributed by atoms with Gasteiger partial charge in [-0.2, -0.15) is 0 Å². The lowest BCUT2D eigenvalue weighted by Crippen LogP contribution is -2.40. The highest BCUT2D eigenvalue weighted by atomic mass is 32.2. The average Bonchev–Trinajstić information content (AvgIpc) is 3.19.